The van der Waals surface area contributed by atoms with Gasteiger partial charge in [0, 0.05) is 24.5 Å². The summed E-state index contributed by atoms with van der Waals surface area (Å²) in [5.74, 6) is 0.963. The number of nitrogens with zero attached hydrogens (tertiary/aromatic N) is 1. The van der Waals surface area contributed by atoms with E-state index >= 15 is 0 Å². The Morgan fingerprint density at radius 3 is 2.71 bits per heavy atom. The van der Waals surface area contributed by atoms with Crippen LogP contribution in [-0.2, 0) is 6.54 Å². The van der Waals surface area contributed by atoms with Crippen molar-refractivity contribution in [2.45, 2.75) is 33.4 Å². The molecule has 0 saturated carbocycles. The van der Waals surface area contributed by atoms with E-state index in [-0.39, 0.29) is 0 Å². The summed E-state index contributed by atoms with van der Waals surface area (Å²) in [6, 6.07) is 8.82. The molecule has 90 valence electrons. The highest BCUT2D eigenvalue weighted by atomic mass is 15.0. The summed E-state index contributed by atoms with van der Waals surface area (Å²) in [5, 5.41) is 3.50. The molecule has 3 nitrogen and oxygen atoms in total. The molecular weight excluding hydrogens is 210 g/mol. The minimum absolute atomic E-state index is 0.347. The zero-order valence-electron chi connectivity index (χ0n) is 10.6. The summed E-state index contributed by atoms with van der Waals surface area (Å²) in [4.78, 5) is 7.41. The number of aromatic nitrogens is 2. The second kappa shape index (κ2) is 5.15. The summed E-state index contributed by atoms with van der Waals surface area (Å²) in [5.41, 5.74) is 3.81. The van der Waals surface area contributed by atoms with Gasteiger partial charge in [0.15, 0.2) is 0 Å². The minimum Gasteiger partial charge on any atom is -0.345 e. The van der Waals surface area contributed by atoms with E-state index in [2.05, 4.69) is 53.4 Å². The van der Waals surface area contributed by atoms with Crippen LogP contribution in [0.25, 0.3) is 0 Å². The van der Waals surface area contributed by atoms with Gasteiger partial charge in [0.2, 0.25) is 0 Å². The number of rotatable bonds is 4. The number of hydrogen-bond acceptors (Lipinski definition) is 2. The second-order valence-corrected chi connectivity index (χ2v) is 4.45. The molecule has 0 spiro atoms. The van der Waals surface area contributed by atoms with E-state index in [9.17, 15) is 0 Å². The van der Waals surface area contributed by atoms with E-state index in [0.29, 0.717) is 6.04 Å². The molecule has 0 aliphatic carbocycles. The van der Waals surface area contributed by atoms with Crippen LogP contribution in [0.5, 0.6) is 0 Å². The maximum absolute atomic E-state index is 4.19. The Morgan fingerprint density at radius 1 is 1.29 bits per heavy atom. The van der Waals surface area contributed by atoms with E-state index in [4.69, 9.17) is 0 Å². The van der Waals surface area contributed by atoms with Gasteiger partial charge < -0.3 is 10.3 Å². The van der Waals surface area contributed by atoms with Crippen molar-refractivity contribution in [2.24, 2.45) is 0 Å². The third-order valence-corrected chi connectivity index (χ3v) is 3.01. The molecular formula is C14H19N3. The van der Waals surface area contributed by atoms with Gasteiger partial charge >= 0.3 is 0 Å². The molecule has 1 heterocycles. The SMILES string of the molecule is Cc1ncc(CNC(C)c2ccccc2C)[nH]1. The van der Waals surface area contributed by atoms with Gasteiger partial charge in [-0.05, 0) is 31.9 Å². The van der Waals surface area contributed by atoms with Crippen LogP contribution in [-0.4, -0.2) is 9.97 Å². The van der Waals surface area contributed by atoms with Crippen LogP contribution >= 0.6 is 0 Å². The fourth-order valence-corrected chi connectivity index (χ4v) is 2.01. The van der Waals surface area contributed by atoms with Crippen LogP contribution in [0, 0.1) is 13.8 Å². The lowest BCUT2D eigenvalue weighted by Crippen LogP contribution is -2.19. The monoisotopic (exact) mass is 229 g/mol. The first-order valence-electron chi connectivity index (χ1n) is 5.96. The van der Waals surface area contributed by atoms with Crippen LogP contribution in [0.3, 0.4) is 0 Å². The highest BCUT2D eigenvalue weighted by Gasteiger charge is 2.07. The molecule has 2 N–H and O–H groups in total. The standard InChI is InChI=1S/C14H19N3/c1-10-6-4-5-7-14(10)11(2)15-8-13-9-16-12(3)17-13/h4-7,9,11,15H,8H2,1-3H3,(H,16,17). The average molecular weight is 229 g/mol. The van der Waals surface area contributed by atoms with Crippen molar-refractivity contribution in [3.05, 3.63) is 53.1 Å². The topological polar surface area (TPSA) is 40.7 Å². The van der Waals surface area contributed by atoms with Gasteiger partial charge in [-0.15, -0.1) is 0 Å². The first-order valence-corrected chi connectivity index (χ1v) is 5.96. The molecule has 2 rings (SSSR count). The smallest absolute Gasteiger partial charge is 0.103 e. The minimum atomic E-state index is 0.347. The number of hydrogen-bond donors (Lipinski definition) is 2. The van der Waals surface area contributed by atoms with Gasteiger partial charge in [-0.3, -0.25) is 0 Å². The lowest BCUT2D eigenvalue weighted by Gasteiger charge is -2.15. The second-order valence-electron chi connectivity index (χ2n) is 4.45. The van der Waals surface area contributed by atoms with E-state index < -0.39 is 0 Å². The number of H-pyrrole nitrogens is 1. The molecule has 0 aliphatic rings. The molecule has 0 saturated heterocycles. The van der Waals surface area contributed by atoms with Crippen molar-refractivity contribution in [2.75, 3.05) is 0 Å². The Bertz CT molecular complexity index is 488. The summed E-state index contributed by atoms with van der Waals surface area (Å²) in [7, 11) is 0. The molecule has 0 bridgehead atoms. The van der Waals surface area contributed by atoms with Crippen molar-refractivity contribution in [3.63, 3.8) is 0 Å². The molecule has 1 aromatic carbocycles. The summed E-state index contributed by atoms with van der Waals surface area (Å²) in [6.45, 7) is 7.12. The zero-order valence-corrected chi connectivity index (χ0v) is 10.6. The highest BCUT2D eigenvalue weighted by Crippen LogP contribution is 2.16. The lowest BCUT2D eigenvalue weighted by molar-refractivity contribution is 0.566. The summed E-state index contributed by atoms with van der Waals surface area (Å²) < 4.78 is 0. The zero-order chi connectivity index (χ0) is 12.3. The molecule has 1 aromatic heterocycles. The Labute approximate surface area is 102 Å². The molecule has 0 radical (unpaired) electrons. The first kappa shape index (κ1) is 11.9. The molecule has 0 fully saturated rings. The molecule has 3 heteroatoms. The van der Waals surface area contributed by atoms with Crippen molar-refractivity contribution in [1.29, 1.82) is 0 Å². The highest BCUT2D eigenvalue weighted by molar-refractivity contribution is 5.28. The van der Waals surface area contributed by atoms with Crippen LogP contribution in [0.4, 0.5) is 0 Å². The van der Waals surface area contributed by atoms with E-state index in [1.54, 1.807) is 0 Å². The third kappa shape index (κ3) is 2.94. The largest absolute Gasteiger partial charge is 0.345 e. The van der Waals surface area contributed by atoms with Crippen molar-refractivity contribution < 1.29 is 0 Å². The number of benzene rings is 1. The fraction of sp³-hybridized carbons (Fsp3) is 0.357. The molecule has 1 unspecified atom stereocenters. The molecule has 17 heavy (non-hydrogen) atoms. The Morgan fingerprint density at radius 2 is 2.06 bits per heavy atom. The van der Waals surface area contributed by atoms with Gasteiger partial charge in [-0.2, -0.15) is 0 Å². The molecule has 0 aliphatic heterocycles. The fourth-order valence-electron chi connectivity index (χ4n) is 2.01. The van der Waals surface area contributed by atoms with Gasteiger partial charge in [0.1, 0.15) is 5.82 Å². The lowest BCUT2D eigenvalue weighted by atomic mass is 10.0. The van der Waals surface area contributed by atoms with Crippen molar-refractivity contribution in [3.8, 4) is 0 Å². The quantitative estimate of drug-likeness (QED) is 0.846. The first-order chi connectivity index (χ1) is 8.16. The summed E-state index contributed by atoms with van der Waals surface area (Å²) in [6.07, 6.45) is 1.88. The Balaban J connectivity index is 1.98. The van der Waals surface area contributed by atoms with Crippen molar-refractivity contribution in [1.82, 2.24) is 15.3 Å². The predicted octanol–water partition coefficient (Wildman–Crippen LogP) is 2.88. The van der Waals surface area contributed by atoms with Crippen LogP contribution in [0.15, 0.2) is 30.5 Å². The number of nitrogens with one attached hydrogen (secondary N) is 2. The third-order valence-electron chi connectivity index (χ3n) is 3.01. The average Bonchev–Trinajstić information content (AvgIpc) is 2.73. The number of imidazole rings is 1. The van der Waals surface area contributed by atoms with E-state index in [0.717, 1.165) is 18.1 Å². The molecule has 1 atom stereocenters. The summed E-state index contributed by atoms with van der Waals surface area (Å²) >= 11 is 0. The number of aryl methyl sites for hydroxylation is 2. The number of aromatic amines is 1. The van der Waals surface area contributed by atoms with E-state index in [1.807, 2.05) is 13.1 Å². The van der Waals surface area contributed by atoms with Gasteiger partial charge in [0.25, 0.3) is 0 Å². The van der Waals surface area contributed by atoms with E-state index in [1.165, 1.54) is 11.1 Å². The predicted molar refractivity (Wildman–Crippen MR) is 69.8 cm³/mol. The Kier molecular flexibility index (Phi) is 3.59. The normalized spacial score (nSPS) is 12.6. The van der Waals surface area contributed by atoms with Crippen LogP contribution < -0.4 is 5.32 Å². The van der Waals surface area contributed by atoms with Crippen LogP contribution in [0.2, 0.25) is 0 Å². The van der Waals surface area contributed by atoms with Crippen molar-refractivity contribution >= 4 is 0 Å². The van der Waals surface area contributed by atoms with Gasteiger partial charge in [-0.1, -0.05) is 24.3 Å². The maximum Gasteiger partial charge on any atom is 0.103 e. The van der Waals surface area contributed by atoms with Gasteiger partial charge in [0.05, 0.1) is 0 Å². The molecule has 2 aromatic rings. The van der Waals surface area contributed by atoms with Gasteiger partial charge in [-0.25, -0.2) is 4.98 Å². The molecule has 0 amide bonds. The Hall–Kier alpha value is -1.61. The maximum atomic E-state index is 4.19. The van der Waals surface area contributed by atoms with Crippen LogP contribution in [0.1, 0.15) is 35.6 Å².